The van der Waals surface area contributed by atoms with E-state index >= 15 is 0 Å². The Morgan fingerprint density at radius 2 is 1.54 bits per heavy atom. The van der Waals surface area contributed by atoms with Gasteiger partial charge in [-0.15, -0.1) is 0 Å². The zero-order chi connectivity index (χ0) is 17.2. The number of nitrogens with zero attached hydrogens (tertiary/aromatic N) is 1. The first kappa shape index (κ1) is 16.9. The summed E-state index contributed by atoms with van der Waals surface area (Å²) in [7, 11) is -3.42. The lowest BCUT2D eigenvalue weighted by Crippen LogP contribution is -2.36. The van der Waals surface area contributed by atoms with E-state index in [0.717, 1.165) is 11.1 Å². The lowest BCUT2D eigenvalue weighted by atomic mass is 10.0. The van der Waals surface area contributed by atoms with E-state index < -0.39 is 10.0 Å². The largest absolute Gasteiger partial charge is 0.243 e. The minimum atomic E-state index is -3.42. The van der Waals surface area contributed by atoms with E-state index in [1.165, 1.54) is 17.7 Å². The van der Waals surface area contributed by atoms with Crippen LogP contribution in [0.4, 0.5) is 4.39 Å². The molecule has 1 heterocycles. The Bertz CT molecular complexity index is 830. The van der Waals surface area contributed by atoms with Gasteiger partial charge in [0.2, 0.25) is 10.0 Å². The number of rotatable bonds is 3. The van der Waals surface area contributed by atoms with Crippen molar-refractivity contribution < 1.29 is 12.8 Å². The van der Waals surface area contributed by atoms with Gasteiger partial charge in [0.05, 0.1) is 4.90 Å². The molecule has 0 atom stereocenters. The summed E-state index contributed by atoms with van der Waals surface area (Å²) in [6.45, 7) is 2.89. The first-order valence-corrected chi connectivity index (χ1v) is 9.41. The van der Waals surface area contributed by atoms with E-state index in [4.69, 9.17) is 0 Å². The maximum Gasteiger partial charge on any atom is 0.243 e. The minimum Gasteiger partial charge on any atom is -0.207 e. The summed E-state index contributed by atoms with van der Waals surface area (Å²) < 4.78 is 39.8. The van der Waals surface area contributed by atoms with Crippen LogP contribution in [0.1, 0.15) is 24.0 Å². The van der Waals surface area contributed by atoms with Crippen LogP contribution in [0, 0.1) is 12.7 Å². The van der Waals surface area contributed by atoms with Crippen LogP contribution in [0.15, 0.2) is 59.0 Å². The van der Waals surface area contributed by atoms with Gasteiger partial charge in [-0.1, -0.05) is 41.5 Å². The number of aryl methyl sites for hydroxylation is 1. The van der Waals surface area contributed by atoms with Crippen LogP contribution >= 0.6 is 0 Å². The van der Waals surface area contributed by atoms with Crippen molar-refractivity contribution in [3.8, 4) is 0 Å². The molecule has 0 aliphatic carbocycles. The Hall–Kier alpha value is -1.98. The average Bonchev–Trinajstić information content (AvgIpc) is 2.58. The Kier molecular flexibility index (Phi) is 4.83. The SMILES string of the molecule is Cc1ccc(S(=O)(=O)N2CCC(=Cc3ccc(F)cc3)CC2)cc1. The van der Waals surface area contributed by atoms with Gasteiger partial charge in [0.1, 0.15) is 5.82 Å². The average molecular weight is 345 g/mol. The van der Waals surface area contributed by atoms with E-state index in [2.05, 4.69) is 0 Å². The van der Waals surface area contributed by atoms with Gasteiger partial charge in [0.25, 0.3) is 0 Å². The van der Waals surface area contributed by atoms with Crippen molar-refractivity contribution in [2.24, 2.45) is 0 Å². The summed E-state index contributed by atoms with van der Waals surface area (Å²) >= 11 is 0. The van der Waals surface area contributed by atoms with E-state index in [9.17, 15) is 12.8 Å². The van der Waals surface area contributed by atoms with Gasteiger partial charge in [-0.3, -0.25) is 0 Å². The van der Waals surface area contributed by atoms with Gasteiger partial charge in [0, 0.05) is 13.1 Å². The third-order valence-electron chi connectivity index (χ3n) is 4.26. The molecular weight excluding hydrogens is 325 g/mol. The molecule has 1 aliphatic rings. The molecule has 126 valence electrons. The maximum atomic E-state index is 12.9. The molecule has 3 rings (SSSR count). The van der Waals surface area contributed by atoms with E-state index in [-0.39, 0.29) is 5.82 Å². The van der Waals surface area contributed by atoms with Gasteiger partial charge < -0.3 is 0 Å². The second kappa shape index (κ2) is 6.87. The van der Waals surface area contributed by atoms with Crippen LogP contribution in [-0.2, 0) is 10.0 Å². The highest BCUT2D eigenvalue weighted by Gasteiger charge is 2.27. The van der Waals surface area contributed by atoms with Crippen LogP contribution in [0.25, 0.3) is 6.08 Å². The molecule has 0 unspecified atom stereocenters. The molecule has 0 radical (unpaired) electrons. The quantitative estimate of drug-likeness (QED) is 0.843. The first-order valence-electron chi connectivity index (χ1n) is 7.97. The second-order valence-corrected chi connectivity index (χ2v) is 8.01. The number of halogens is 1. The molecule has 0 bridgehead atoms. The second-order valence-electron chi connectivity index (χ2n) is 6.07. The number of benzene rings is 2. The van der Waals surface area contributed by atoms with E-state index in [1.54, 1.807) is 28.6 Å². The Balaban J connectivity index is 1.70. The third kappa shape index (κ3) is 3.74. The zero-order valence-electron chi connectivity index (χ0n) is 13.6. The molecule has 0 saturated carbocycles. The van der Waals surface area contributed by atoms with Crippen molar-refractivity contribution in [3.63, 3.8) is 0 Å². The predicted molar refractivity (Wildman–Crippen MR) is 93.5 cm³/mol. The smallest absolute Gasteiger partial charge is 0.207 e. The molecule has 2 aromatic rings. The zero-order valence-corrected chi connectivity index (χ0v) is 14.4. The highest BCUT2D eigenvalue weighted by molar-refractivity contribution is 7.89. The topological polar surface area (TPSA) is 37.4 Å². The number of hydrogen-bond acceptors (Lipinski definition) is 2. The van der Waals surface area contributed by atoms with Crippen molar-refractivity contribution in [3.05, 3.63) is 71.0 Å². The number of piperidine rings is 1. The van der Waals surface area contributed by atoms with E-state index in [1.807, 2.05) is 25.1 Å². The summed E-state index contributed by atoms with van der Waals surface area (Å²) in [4.78, 5) is 0.346. The van der Waals surface area contributed by atoms with Gasteiger partial charge in [-0.25, -0.2) is 12.8 Å². The van der Waals surface area contributed by atoms with Gasteiger partial charge >= 0.3 is 0 Å². The first-order chi connectivity index (χ1) is 11.4. The predicted octanol–water partition coefficient (Wildman–Crippen LogP) is 4.00. The van der Waals surface area contributed by atoms with Crippen molar-refractivity contribution in [1.29, 1.82) is 0 Å². The molecule has 0 spiro atoms. The minimum absolute atomic E-state index is 0.254. The molecule has 24 heavy (non-hydrogen) atoms. The fourth-order valence-electron chi connectivity index (χ4n) is 2.81. The molecule has 1 aliphatic heterocycles. The third-order valence-corrected chi connectivity index (χ3v) is 6.18. The van der Waals surface area contributed by atoms with Crippen molar-refractivity contribution in [1.82, 2.24) is 4.31 Å². The lowest BCUT2D eigenvalue weighted by Gasteiger charge is -2.27. The van der Waals surface area contributed by atoms with Crippen LogP contribution in [-0.4, -0.2) is 25.8 Å². The highest BCUT2D eigenvalue weighted by atomic mass is 32.2. The monoisotopic (exact) mass is 345 g/mol. The van der Waals surface area contributed by atoms with Crippen LogP contribution in [0.2, 0.25) is 0 Å². The van der Waals surface area contributed by atoms with Crippen LogP contribution < -0.4 is 0 Å². The highest BCUT2D eigenvalue weighted by Crippen LogP contribution is 2.25. The number of hydrogen-bond donors (Lipinski definition) is 0. The van der Waals surface area contributed by atoms with Crippen molar-refractivity contribution >= 4 is 16.1 Å². The van der Waals surface area contributed by atoms with Gasteiger partial charge in [-0.2, -0.15) is 4.31 Å². The molecular formula is C19H20FNO2S. The molecule has 0 amide bonds. The van der Waals surface area contributed by atoms with Crippen LogP contribution in [0.5, 0.6) is 0 Å². The Labute approximate surface area is 142 Å². The van der Waals surface area contributed by atoms with Gasteiger partial charge in [-0.05, 0) is 49.6 Å². The fourth-order valence-corrected chi connectivity index (χ4v) is 4.25. The molecule has 3 nitrogen and oxygen atoms in total. The summed E-state index contributed by atoms with van der Waals surface area (Å²) in [6.07, 6.45) is 3.42. The number of sulfonamides is 1. The molecule has 0 N–H and O–H groups in total. The summed E-state index contributed by atoms with van der Waals surface area (Å²) in [5.74, 6) is -0.254. The van der Waals surface area contributed by atoms with Crippen LogP contribution in [0.3, 0.4) is 0 Å². The molecule has 2 aromatic carbocycles. The maximum absolute atomic E-state index is 12.9. The Morgan fingerprint density at radius 3 is 2.12 bits per heavy atom. The molecule has 1 fully saturated rings. The molecule has 5 heteroatoms. The Morgan fingerprint density at radius 1 is 0.958 bits per heavy atom. The summed E-state index contributed by atoms with van der Waals surface area (Å²) in [5.41, 5.74) is 3.18. The molecule has 0 aromatic heterocycles. The van der Waals surface area contributed by atoms with Crippen molar-refractivity contribution in [2.75, 3.05) is 13.1 Å². The van der Waals surface area contributed by atoms with Gasteiger partial charge in [0.15, 0.2) is 0 Å². The fraction of sp³-hybridized carbons (Fsp3) is 0.263. The lowest BCUT2D eigenvalue weighted by molar-refractivity contribution is 0.388. The van der Waals surface area contributed by atoms with Crippen molar-refractivity contribution in [2.45, 2.75) is 24.7 Å². The summed E-state index contributed by atoms with van der Waals surface area (Å²) in [6, 6.07) is 13.3. The standard InChI is InChI=1S/C19H20FNO2S/c1-15-2-8-19(9-3-15)24(22,23)21-12-10-17(11-13-21)14-16-4-6-18(20)7-5-16/h2-9,14H,10-13H2,1H3. The summed E-state index contributed by atoms with van der Waals surface area (Å²) in [5, 5.41) is 0. The normalized spacial score (nSPS) is 16.2. The van der Waals surface area contributed by atoms with E-state index in [0.29, 0.717) is 30.8 Å². The molecule has 1 saturated heterocycles.